The SMILES string of the molecule is CCNC(=NCCc1nc(-c2cccc(Cl)c2)no1)N1CCN(Cc2ccon2)CC1.I. The minimum Gasteiger partial charge on any atom is -0.364 e. The van der Waals surface area contributed by atoms with Crippen LogP contribution < -0.4 is 5.32 Å². The van der Waals surface area contributed by atoms with Crippen LogP contribution in [0.4, 0.5) is 0 Å². The fraction of sp³-hybridized carbons (Fsp3) is 0.429. The number of piperazine rings is 1. The van der Waals surface area contributed by atoms with Crippen LogP contribution in [0.1, 0.15) is 18.5 Å². The van der Waals surface area contributed by atoms with Gasteiger partial charge in [0.05, 0.1) is 12.2 Å². The molecule has 1 aromatic carbocycles. The molecule has 4 rings (SSSR count). The largest absolute Gasteiger partial charge is 0.364 e. The number of halogens is 2. The van der Waals surface area contributed by atoms with Crippen LogP contribution in [-0.4, -0.2) is 70.3 Å². The van der Waals surface area contributed by atoms with Gasteiger partial charge in [-0.05, 0) is 19.1 Å². The molecule has 172 valence electrons. The normalized spacial score (nSPS) is 14.9. The number of guanidine groups is 1. The summed E-state index contributed by atoms with van der Waals surface area (Å²) in [5, 5.41) is 12.1. The zero-order chi connectivity index (χ0) is 21.5. The predicted octanol–water partition coefficient (Wildman–Crippen LogP) is 3.32. The van der Waals surface area contributed by atoms with Gasteiger partial charge in [-0.2, -0.15) is 4.98 Å². The number of aliphatic imine (C=N–C) groups is 1. The van der Waals surface area contributed by atoms with Crippen molar-refractivity contribution in [1.29, 1.82) is 0 Å². The van der Waals surface area contributed by atoms with Crippen molar-refractivity contribution in [1.82, 2.24) is 30.4 Å². The van der Waals surface area contributed by atoms with Crippen molar-refractivity contribution in [3.63, 3.8) is 0 Å². The summed E-state index contributed by atoms with van der Waals surface area (Å²) in [7, 11) is 0. The summed E-state index contributed by atoms with van der Waals surface area (Å²) >= 11 is 6.04. The average Bonchev–Trinajstić information content (AvgIpc) is 3.46. The third-order valence-electron chi connectivity index (χ3n) is 5.02. The molecule has 1 aliphatic rings. The minimum atomic E-state index is 0. The van der Waals surface area contributed by atoms with E-state index in [1.54, 1.807) is 6.26 Å². The molecule has 1 saturated heterocycles. The highest BCUT2D eigenvalue weighted by molar-refractivity contribution is 14.0. The maximum absolute atomic E-state index is 6.04. The van der Waals surface area contributed by atoms with Crippen LogP contribution in [0.15, 0.2) is 50.6 Å². The molecule has 0 amide bonds. The van der Waals surface area contributed by atoms with Gasteiger partial charge in [-0.3, -0.25) is 9.89 Å². The number of hydrogen-bond acceptors (Lipinski definition) is 7. The highest BCUT2D eigenvalue weighted by atomic mass is 127. The Balaban J connectivity index is 0.00000289. The van der Waals surface area contributed by atoms with Crippen LogP contribution in [0, 0.1) is 0 Å². The van der Waals surface area contributed by atoms with Gasteiger partial charge in [0.25, 0.3) is 0 Å². The van der Waals surface area contributed by atoms with Gasteiger partial charge in [0.15, 0.2) is 5.96 Å². The average molecular weight is 572 g/mol. The monoisotopic (exact) mass is 571 g/mol. The second-order valence-corrected chi connectivity index (χ2v) is 7.70. The first-order chi connectivity index (χ1) is 15.2. The van der Waals surface area contributed by atoms with E-state index in [1.165, 1.54) is 0 Å². The van der Waals surface area contributed by atoms with Gasteiger partial charge in [-0.1, -0.05) is 34.0 Å². The second-order valence-electron chi connectivity index (χ2n) is 7.26. The molecule has 3 heterocycles. The van der Waals surface area contributed by atoms with Crippen molar-refractivity contribution in [2.45, 2.75) is 19.9 Å². The van der Waals surface area contributed by atoms with Crippen molar-refractivity contribution < 1.29 is 9.05 Å². The first-order valence-corrected chi connectivity index (χ1v) is 10.8. The van der Waals surface area contributed by atoms with E-state index in [4.69, 9.17) is 25.6 Å². The third-order valence-corrected chi connectivity index (χ3v) is 5.26. The molecule has 32 heavy (non-hydrogen) atoms. The van der Waals surface area contributed by atoms with E-state index < -0.39 is 0 Å². The molecule has 2 aromatic heterocycles. The van der Waals surface area contributed by atoms with Gasteiger partial charge in [0.2, 0.25) is 11.7 Å². The Kier molecular flexibility index (Phi) is 9.30. The first-order valence-electron chi connectivity index (χ1n) is 10.4. The number of rotatable bonds is 7. The van der Waals surface area contributed by atoms with E-state index in [2.05, 4.69) is 37.3 Å². The summed E-state index contributed by atoms with van der Waals surface area (Å²) in [5.41, 5.74) is 1.80. The van der Waals surface area contributed by atoms with Crippen LogP contribution in [-0.2, 0) is 13.0 Å². The lowest BCUT2D eigenvalue weighted by molar-refractivity contribution is 0.169. The topological polar surface area (TPSA) is 95.8 Å². The number of hydrogen-bond donors (Lipinski definition) is 1. The van der Waals surface area contributed by atoms with Crippen LogP contribution in [0.3, 0.4) is 0 Å². The van der Waals surface area contributed by atoms with Crippen LogP contribution in [0.2, 0.25) is 5.02 Å². The molecule has 0 radical (unpaired) electrons. The van der Waals surface area contributed by atoms with E-state index in [9.17, 15) is 0 Å². The smallest absolute Gasteiger partial charge is 0.228 e. The standard InChI is InChI=1S/C21H26ClN7O2.HI/c1-2-23-21(29-11-9-28(10-12-29)15-18-7-13-30-26-18)24-8-6-19-25-20(27-31-19)16-4-3-5-17(22)14-16;/h3-5,7,13-14H,2,6,8-12,15H2,1H3,(H,23,24);1H. The zero-order valence-corrected chi connectivity index (χ0v) is 21.0. The lowest BCUT2D eigenvalue weighted by Crippen LogP contribution is -2.52. The Bertz CT molecular complexity index is 988. The Morgan fingerprint density at radius 1 is 1.19 bits per heavy atom. The molecular formula is C21H27ClIN7O2. The number of benzene rings is 1. The summed E-state index contributed by atoms with van der Waals surface area (Å²) < 4.78 is 10.3. The van der Waals surface area contributed by atoms with Crippen molar-refractivity contribution in [2.24, 2.45) is 4.99 Å². The molecule has 0 atom stereocenters. The molecule has 0 aliphatic carbocycles. The second kappa shape index (κ2) is 12.2. The fourth-order valence-corrected chi connectivity index (χ4v) is 3.64. The lowest BCUT2D eigenvalue weighted by atomic mass is 10.2. The molecule has 0 bridgehead atoms. The summed E-state index contributed by atoms with van der Waals surface area (Å²) in [6.45, 7) is 7.98. The van der Waals surface area contributed by atoms with Gasteiger partial charge in [-0.25, -0.2) is 0 Å². The summed E-state index contributed by atoms with van der Waals surface area (Å²) in [6, 6.07) is 9.32. The molecule has 9 nitrogen and oxygen atoms in total. The Hall–Kier alpha value is -2.18. The van der Waals surface area contributed by atoms with Crippen molar-refractivity contribution in [3.8, 4) is 11.4 Å². The number of nitrogens with zero attached hydrogens (tertiary/aromatic N) is 6. The summed E-state index contributed by atoms with van der Waals surface area (Å²) in [4.78, 5) is 13.9. The highest BCUT2D eigenvalue weighted by Crippen LogP contribution is 2.20. The highest BCUT2D eigenvalue weighted by Gasteiger charge is 2.20. The Morgan fingerprint density at radius 3 is 2.75 bits per heavy atom. The maximum Gasteiger partial charge on any atom is 0.228 e. The molecule has 1 aliphatic heterocycles. The lowest BCUT2D eigenvalue weighted by Gasteiger charge is -2.36. The number of nitrogens with one attached hydrogen (secondary N) is 1. The summed E-state index contributed by atoms with van der Waals surface area (Å²) in [5.74, 6) is 2.02. The van der Waals surface area contributed by atoms with Gasteiger partial charge in [0, 0.05) is 62.3 Å². The minimum absolute atomic E-state index is 0. The predicted molar refractivity (Wildman–Crippen MR) is 133 cm³/mol. The van der Waals surface area contributed by atoms with E-state index >= 15 is 0 Å². The van der Waals surface area contributed by atoms with Crippen LogP contribution in [0.25, 0.3) is 11.4 Å². The first kappa shape index (κ1) is 24.5. The molecule has 1 fully saturated rings. The van der Waals surface area contributed by atoms with E-state index in [-0.39, 0.29) is 24.0 Å². The van der Waals surface area contributed by atoms with E-state index in [1.807, 2.05) is 30.3 Å². The van der Waals surface area contributed by atoms with E-state index in [0.29, 0.717) is 29.7 Å². The molecule has 11 heteroatoms. The molecule has 0 spiro atoms. The third kappa shape index (κ3) is 6.66. The van der Waals surface area contributed by atoms with Gasteiger partial charge in [-0.15, -0.1) is 24.0 Å². The van der Waals surface area contributed by atoms with Gasteiger partial charge >= 0.3 is 0 Å². The van der Waals surface area contributed by atoms with Crippen LogP contribution in [0.5, 0.6) is 0 Å². The summed E-state index contributed by atoms with van der Waals surface area (Å²) in [6.07, 6.45) is 2.19. The fourth-order valence-electron chi connectivity index (χ4n) is 3.45. The zero-order valence-electron chi connectivity index (χ0n) is 17.9. The van der Waals surface area contributed by atoms with Crippen molar-refractivity contribution >= 4 is 41.5 Å². The molecule has 0 saturated carbocycles. The van der Waals surface area contributed by atoms with Gasteiger partial charge in [0.1, 0.15) is 6.26 Å². The Morgan fingerprint density at radius 2 is 2.03 bits per heavy atom. The molecular weight excluding hydrogens is 545 g/mol. The number of aromatic nitrogens is 3. The van der Waals surface area contributed by atoms with Crippen LogP contribution >= 0.6 is 35.6 Å². The van der Waals surface area contributed by atoms with Crippen molar-refractivity contribution in [2.75, 3.05) is 39.3 Å². The maximum atomic E-state index is 6.04. The van der Waals surface area contributed by atoms with Crippen molar-refractivity contribution in [3.05, 3.63) is 53.2 Å². The molecule has 3 aromatic rings. The quantitative estimate of drug-likeness (QED) is 0.262. The van der Waals surface area contributed by atoms with Gasteiger partial charge < -0.3 is 19.3 Å². The van der Waals surface area contributed by atoms with E-state index in [0.717, 1.165) is 56.5 Å². The molecule has 0 unspecified atom stereocenters. The Labute approximate surface area is 209 Å². The molecule has 1 N–H and O–H groups in total.